The zero-order valence-corrected chi connectivity index (χ0v) is 11.2. The van der Waals surface area contributed by atoms with Crippen molar-refractivity contribution in [2.24, 2.45) is 5.92 Å². The second-order valence-corrected chi connectivity index (χ2v) is 4.93. The van der Waals surface area contributed by atoms with Gasteiger partial charge >= 0.3 is 7.12 Å². The highest BCUT2D eigenvalue weighted by Crippen LogP contribution is 2.10. The predicted molar refractivity (Wildman–Crippen MR) is 72.0 cm³/mol. The number of benzene rings is 1. The normalized spacial score (nSPS) is 12.8. The van der Waals surface area contributed by atoms with Gasteiger partial charge in [-0.15, -0.1) is 0 Å². The van der Waals surface area contributed by atoms with Crippen molar-refractivity contribution in [1.29, 1.82) is 0 Å². The van der Waals surface area contributed by atoms with Gasteiger partial charge in [0.15, 0.2) is 0 Å². The number of nitrogens with zero attached hydrogens (tertiary/aromatic N) is 1. The average Bonchev–Trinajstić information content (AvgIpc) is 2.31. The molecule has 0 saturated carbocycles. The first-order chi connectivity index (χ1) is 8.43. The third kappa shape index (κ3) is 4.40. The third-order valence-electron chi connectivity index (χ3n) is 3.14. The van der Waals surface area contributed by atoms with Crippen LogP contribution in [0.4, 0.5) is 4.39 Å². The van der Waals surface area contributed by atoms with Crippen molar-refractivity contribution in [1.82, 2.24) is 4.90 Å². The number of halogens is 1. The summed E-state index contributed by atoms with van der Waals surface area (Å²) in [6, 6.07) is 4.33. The van der Waals surface area contributed by atoms with Crippen molar-refractivity contribution in [3.8, 4) is 0 Å². The maximum Gasteiger partial charge on any atom is 0.488 e. The Morgan fingerprint density at radius 1 is 1.39 bits per heavy atom. The molecule has 0 aliphatic heterocycles. The Kier molecular flexibility index (Phi) is 5.79. The molecule has 0 fully saturated rings. The van der Waals surface area contributed by atoms with Crippen LogP contribution in [-0.2, 0) is 6.54 Å². The summed E-state index contributed by atoms with van der Waals surface area (Å²) in [6.07, 6.45) is 1.10. The summed E-state index contributed by atoms with van der Waals surface area (Å²) >= 11 is 0. The molecule has 1 aromatic rings. The van der Waals surface area contributed by atoms with Crippen LogP contribution in [0.2, 0.25) is 0 Å². The standard InChI is InChI=1S/C13H21BFNO2/c1-4-10(2)8-16(3)9-11-5-6-12(14(17)18)7-13(11)15/h5-7,10,17-18H,4,8-9H2,1-3H3. The van der Waals surface area contributed by atoms with E-state index in [0.29, 0.717) is 18.0 Å². The first-order valence-electron chi connectivity index (χ1n) is 6.27. The van der Waals surface area contributed by atoms with Crippen LogP contribution < -0.4 is 5.46 Å². The summed E-state index contributed by atoms with van der Waals surface area (Å²) in [7, 11) is 0.340. The lowest BCUT2D eigenvalue weighted by Crippen LogP contribution is -2.31. The molecule has 1 aromatic carbocycles. The van der Waals surface area contributed by atoms with E-state index in [4.69, 9.17) is 10.0 Å². The largest absolute Gasteiger partial charge is 0.488 e. The lowest BCUT2D eigenvalue weighted by atomic mass is 9.80. The van der Waals surface area contributed by atoms with Crippen molar-refractivity contribution in [3.63, 3.8) is 0 Å². The van der Waals surface area contributed by atoms with E-state index in [1.807, 2.05) is 7.05 Å². The van der Waals surface area contributed by atoms with Gasteiger partial charge in [0, 0.05) is 18.7 Å². The van der Waals surface area contributed by atoms with Gasteiger partial charge in [-0.25, -0.2) is 4.39 Å². The summed E-state index contributed by atoms with van der Waals surface area (Å²) in [5.74, 6) is 0.188. The monoisotopic (exact) mass is 253 g/mol. The Bertz CT molecular complexity index is 387. The van der Waals surface area contributed by atoms with Gasteiger partial charge in [0.1, 0.15) is 5.82 Å². The fourth-order valence-corrected chi connectivity index (χ4v) is 1.87. The van der Waals surface area contributed by atoms with Crippen LogP contribution in [0, 0.1) is 11.7 Å². The molecule has 0 aliphatic rings. The van der Waals surface area contributed by atoms with Crippen LogP contribution in [0.1, 0.15) is 25.8 Å². The molecule has 1 atom stereocenters. The van der Waals surface area contributed by atoms with Crippen molar-refractivity contribution in [2.45, 2.75) is 26.8 Å². The maximum absolute atomic E-state index is 13.7. The summed E-state index contributed by atoms with van der Waals surface area (Å²) in [5.41, 5.74) is 0.756. The molecule has 0 aliphatic carbocycles. The molecule has 0 aromatic heterocycles. The second kappa shape index (κ2) is 6.88. The van der Waals surface area contributed by atoms with Crippen LogP contribution in [0.5, 0.6) is 0 Å². The van der Waals surface area contributed by atoms with E-state index in [-0.39, 0.29) is 5.46 Å². The van der Waals surface area contributed by atoms with E-state index in [1.165, 1.54) is 6.07 Å². The first-order valence-corrected chi connectivity index (χ1v) is 6.27. The molecule has 0 heterocycles. The van der Waals surface area contributed by atoms with E-state index in [9.17, 15) is 4.39 Å². The van der Waals surface area contributed by atoms with E-state index in [1.54, 1.807) is 12.1 Å². The predicted octanol–water partition coefficient (Wildman–Crippen LogP) is 0.983. The first kappa shape index (κ1) is 15.2. The highest BCUT2D eigenvalue weighted by atomic mass is 19.1. The summed E-state index contributed by atoms with van der Waals surface area (Å²) in [6.45, 7) is 5.74. The average molecular weight is 253 g/mol. The molecule has 0 spiro atoms. The summed E-state index contributed by atoms with van der Waals surface area (Å²) in [5, 5.41) is 17.9. The highest BCUT2D eigenvalue weighted by Gasteiger charge is 2.14. The zero-order chi connectivity index (χ0) is 13.7. The molecule has 1 unspecified atom stereocenters. The molecular formula is C13H21BFNO2. The molecule has 5 heteroatoms. The quantitative estimate of drug-likeness (QED) is 0.743. The highest BCUT2D eigenvalue weighted by molar-refractivity contribution is 6.58. The van der Waals surface area contributed by atoms with Gasteiger partial charge in [-0.05, 0) is 24.5 Å². The summed E-state index contributed by atoms with van der Waals surface area (Å²) in [4.78, 5) is 2.07. The van der Waals surface area contributed by atoms with Crippen LogP contribution in [0.3, 0.4) is 0 Å². The Morgan fingerprint density at radius 2 is 2.06 bits per heavy atom. The molecular weight excluding hydrogens is 232 g/mol. The molecule has 0 bridgehead atoms. The van der Waals surface area contributed by atoms with Crippen LogP contribution in [0.25, 0.3) is 0 Å². The van der Waals surface area contributed by atoms with Gasteiger partial charge in [0.05, 0.1) is 0 Å². The van der Waals surface area contributed by atoms with Crippen LogP contribution in [0.15, 0.2) is 18.2 Å². The zero-order valence-electron chi connectivity index (χ0n) is 11.2. The van der Waals surface area contributed by atoms with E-state index < -0.39 is 12.9 Å². The second-order valence-electron chi connectivity index (χ2n) is 4.93. The van der Waals surface area contributed by atoms with Crippen LogP contribution >= 0.6 is 0 Å². The molecule has 0 radical (unpaired) electrons. The van der Waals surface area contributed by atoms with Crippen molar-refractivity contribution >= 4 is 12.6 Å². The minimum Gasteiger partial charge on any atom is -0.423 e. The minimum absolute atomic E-state index is 0.181. The molecule has 2 N–H and O–H groups in total. The van der Waals surface area contributed by atoms with E-state index in [0.717, 1.165) is 13.0 Å². The molecule has 1 rings (SSSR count). The van der Waals surface area contributed by atoms with Gasteiger partial charge in [0.25, 0.3) is 0 Å². The third-order valence-corrected chi connectivity index (χ3v) is 3.14. The lowest BCUT2D eigenvalue weighted by molar-refractivity contribution is 0.272. The fraction of sp³-hybridized carbons (Fsp3) is 0.538. The molecule has 3 nitrogen and oxygen atoms in total. The van der Waals surface area contributed by atoms with Gasteiger partial charge in [-0.1, -0.05) is 32.4 Å². The Balaban J connectivity index is 2.67. The lowest BCUT2D eigenvalue weighted by Gasteiger charge is -2.20. The van der Waals surface area contributed by atoms with Gasteiger partial charge in [-0.3, -0.25) is 0 Å². The number of rotatable bonds is 6. The van der Waals surface area contributed by atoms with Crippen molar-refractivity contribution < 1.29 is 14.4 Å². The van der Waals surface area contributed by atoms with E-state index >= 15 is 0 Å². The molecule has 0 amide bonds. The Hall–Kier alpha value is -0.905. The number of hydrogen-bond donors (Lipinski definition) is 2. The van der Waals surface area contributed by atoms with Gasteiger partial charge in [-0.2, -0.15) is 0 Å². The van der Waals surface area contributed by atoms with Gasteiger partial charge < -0.3 is 14.9 Å². The topological polar surface area (TPSA) is 43.7 Å². The minimum atomic E-state index is -1.62. The van der Waals surface area contributed by atoms with E-state index in [2.05, 4.69) is 18.7 Å². The molecule has 100 valence electrons. The SMILES string of the molecule is CCC(C)CN(C)Cc1ccc(B(O)O)cc1F. The van der Waals surface area contributed by atoms with Crippen LogP contribution in [-0.4, -0.2) is 35.7 Å². The van der Waals surface area contributed by atoms with Crippen molar-refractivity contribution in [2.75, 3.05) is 13.6 Å². The summed E-state index contributed by atoms with van der Waals surface area (Å²) < 4.78 is 13.7. The van der Waals surface area contributed by atoms with Crippen molar-refractivity contribution in [3.05, 3.63) is 29.6 Å². The smallest absolute Gasteiger partial charge is 0.423 e. The fourth-order valence-electron chi connectivity index (χ4n) is 1.87. The Morgan fingerprint density at radius 3 is 2.56 bits per heavy atom. The molecule has 0 saturated heterocycles. The van der Waals surface area contributed by atoms with Gasteiger partial charge in [0.2, 0.25) is 0 Å². The Labute approximate surface area is 108 Å². The molecule has 18 heavy (non-hydrogen) atoms. The maximum atomic E-state index is 13.7. The number of hydrogen-bond acceptors (Lipinski definition) is 3.